The molecule has 0 saturated heterocycles. The minimum Gasteiger partial charge on any atom is -0.444 e. The molecule has 4 aromatic rings. The summed E-state index contributed by atoms with van der Waals surface area (Å²) in [5.74, 6) is 1.34. The van der Waals surface area contributed by atoms with Crippen LogP contribution < -0.4 is 5.32 Å². The van der Waals surface area contributed by atoms with Crippen molar-refractivity contribution in [1.82, 2.24) is 15.2 Å². The van der Waals surface area contributed by atoms with Crippen LogP contribution in [0.5, 0.6) is 0 Å². The maximum Gasteiger partial charge on any atom is 0.226 e. The number of nitrogens with one attached hydrogen (secondary N) is 1. The van der Waals surface area contributed by atoms with Crippen molar-refractivity contribution in [3.05, 3.63) is 78.2 Å². The Bertz CT molecular complexity index is 954. The van der Waals surface area contributed by atoms with E-state index in [0.717, 1.165) is 27.3 Å². The highest BCUT2D eigenvalue weighted by molar-refractivity contribution is 8.00. The lowest BCUT2D eigenvalue weighted by molar-refractivity contribution is 0.573. The van der Waals surface area contributed by atoms with E-state index in [9.17, 15) is 0 Å². The van der Waals surface area contributed by atoms with Gasteiger partial charge in [-0.3, -0.25) is 0 Å². The second kappa shape index (κ2) is 8.16. The summed E-state index contributed by atoms with van der Waals surface area (Å²) in [5, 5.41) is 12.5. The zero-order valence-corrected chi connectivity index (χ0v) is 15.5. The van der Waals surface area contributed by atoms with E-state index >= 15 is 0 Å². The Labute approximate surface area is 159 Å². The molecule has 0 aliphatic rings. The maximum atomic E-state index is 5.56. The van der Waals surface area contributed by atoms with Crippen molar-refractivity contribution in [3.63, 3.8) is 0 Å². The zero-order chi connectivity index (χ0) is 17.6. The van der Waals surface area contributed by atoms with Gasteiger partial charge in [-0.2, -0.15) is 0 Å². The van der Waals surface area contributed by atoms with Crippen LogP contribution in [0.15, 0.2) is 75.7 Å². The molecule has 26 heavy (non-hydrogen) atoms. The van der Waals surface area contributed by atoms with Gasteiger partial charge in [0, 0.05) is 17.9 Å². The van der Waals surface area contributed by atoms with Crippen molar-refractivity contribution in [2.24, 2.45) is 0 Å². The molecule has 0 aliphatic heterocycles. The number of thioether (sulfide) groups is 1. The molecule has 0 bridgehead atoms. The van der Waals surface area contributed by atoms with Crippen LogP contribution >= 0.6 is 23.1 Å². The minimum atomic E-state index is 0.642. The summed E-state index contributed by atoms with van der Waals surface area (Å²) in [5.41, 5.74) is 3.09. The monoisotopic (exact) mass is 380 g/mol. The van der Waals surface area contributed by atoms with E-state index in [-0.39, 0.29) is 0 Å². The summed E-state index contributed by atoms with van der Waals surface area (Å²) >= 11 is 3.15. The number of oxazole rings is 1. The van der Waals surface area contributed by atoms with Gasteiger partial charge in [0.05, 0.1) is 5.69 Å². The van der Waals surface area contributed by atoms with E-state index < -0.39 is 0 Å². The molecule has 0 saturated carbocycles. The summed E-state index contributed by atoms with van der Waals surface area (Å²) in [6.45, 7) is 0.740. The molecule has 2 heterocycles. The summed E-state index contributed by atoms with van der Waals surface area (Å²) < 4.78 is 6.47. The Hall–Kier alpha value is -2.64. The molecular formula is C19H16N4OS2. The van der Waals surface area contributed by atoms with Crippen LogP contribution in [0.2, 0.25) is 0 Å². The van der Waals surface area contributed by atoms with Crippen molar-refractivity contribution in [3.8, 4) is 11.5 Å². The van der Waals surface area contributed by atoms with Gasteiger partial charge >= 0.3 is 0 Å². The van der Waals surface area contributed by atoms with Crippen molar-refractivity contribution < 1.29 is 4.42 Å². The molecule has 2 aromatic carbocycles. The molecule has 0 unspecified atom stereocenters. The standard InChI is InChI=1S/C19H16N4OS2/c1-3-7-14(8-4-1)11-20-18-22-23-19(26-18)25-13-16-12-24-17(21-16)15-9-5-2-6-10-15/h1-10,12H,11,13H2,(H,20,22). The molecule has 0 spiro atoms. The molecule has 0 aliphatic carbocycles. The van der Waals surface area contributed by atoms with Gasteiger partial charge in [-0.25, -0.2) is 4.98 Å². The van der Waals surface area contributed by atoms with E-state index in [0.29, 0.717) is 11.6 Å². The number of hydrogen-bond donors (Lipinski definition) is 1. The molecule has 2 aromatic heterocycles. The number of nitrogens with zero attached hydrogens (tertiary/aromatic N) is 3. The highest BCUT2D eigenvalue weighted by atomic mass is 32.2. The third-order valence-electron chi connectivity index (χ3n) is 3.61. The average Bonchev–Trinajstić information content (AvgIpc) is 3.36. The predicted octanol–water partition coefficient (Wildman–Crippen LogP) is 5.10. The zero-order valence-electron chi connectivity index (χ0n) is 13.8. The molecule has 4 rings (SSSR count). The lowest BCUT2D eigenvalue weighted by Crippen LogP contribution is -1.98. The van der Waals surface area contributed by atoms with Crippen LogP contribution in [0.3, 0.4) is 0 Å². The van der Waals surface area contributed by atoms with Crippen molar-refractivity contribution >= 4 is 28.2 Å². The van der Waals surface area contributed by atoms with E-state index in [1.807, 2.05) is 48.5 Å². The largest absolute Gasteiger partial charge is 0.444 e. The minimum absolute atomic E-state index is 0.642. The third-order valence-corrected chi connectivity index (χ3v) is 5.66. The fourth-order valence-corrected chi connectivity index (χ4v) is 3.96. The van der Waals surface area contributed by atoms with Crippen LogP contribution in [0.25, 0.3) is 11.5 Å². The van der Waals surface area contributed by atoms with E-state index in [2.05, 4.69) is 32.6 Å². The first-order valence-electron chi connectivity index (χ1n) is 8.11. The van der Waals surface area contributed by atoms with Gasteiger partial charge < -0.3 is 9.73 Å². The third kappa shape index (κ3) is 4.30. The molecular weight excluding hydrogens is 364 g/mol. The molecule has 7 heteroatoms. The second-order valence-electron chi connectivity index (χ2n) is 5.51. The van der Waals surface area contributed by atoms with Crippen molar-refractivity contribution in [2.75, 3.05) is 5.32 Å². The van der Waals surface area contributed by atoms with Crippen LogP contribution in [0.1, 0.15) is 11.3 Å². The number of hydrogen-bond acceptors (Lipinski definition) is 7. The summed E-state index contributed by atoms with van der Waals surface area (Å²) in [4.78, 5) is 4.53. The van der Waals surface area contributed by atoms with Crippen LogP contribution in [0, 0.1) is 0 Å². The SMILES string of the molecule is c1ccc(CNc2nnc(SCc3coc(-c4ccccc4)n3)s2)cc1. The highest BCUT2D eigenvalue weighted by Gasteiger charge is 2.09. The van der Waals surface area contributed by atoms with Gasteiger partial charge in [0.25, 0.3) is 0 Å². The quantitative estimate of drug-likeness (QED) is 0.450. The van der Waals surface area contributed by atoms with E-state index in [1.165, 1.54) is 5.56 Å². The maximum absolute atomic E-state index is 5.56. The summed E-state index contributed by atoms with van der Waals surface area (Å²) in [6.07, 6.45) is 1.70. The molecule has 0 radical (unpaired) electrons. The van der Waals surface area contributed by atoms with Gasteiger partial charge in [-0.1, -0.05) is 71.6 Å². The predicted molar refractivity (Wildman–Crippen MR) is 105 cm³/mol. The Balaban J connectivity index is 1.31. The topological polar surface area (TPSA) is 63.8 Å². The number of aromatic nitrogens is 3. The Morgan fingerprint density at radius 3 is 2.54 bits per heavy atom. The fraction of sp³-hybridized carbons (Fsp3) is 0.105. The Kier molecular flexibility index (Phi) is 5.27. The molecule has 130 valence electrons. The Morgan fingerprint density at radius 1 is 0.962 bits per heavy atom. The average molecular weight is 380 g/mol. The highest BCUT2D eigenvalue weighted by Crippen LogP contribution is 2.29. The normalized spacial score (nSPS) is 10.8. The van der Waals surface area contributed by atoms with Crippen LogP contribution in [-0.2, 0) is 12.3 Å². The van der Waals surface area contributed by atoms with Gasteiger partial charge in [-0.05, 0) is 17.7 Å². The van der Waals surface area contributed by atoms with Gasteiger partial charge in [0.15, 0.2) is 4.34 Å². The number of anilines is 1. The first kappa shape index (κ1) is 16.8. The van der Waals surface area contributed by atoms with Crippen molar-refractivity contribution in [1.29, 1.82) is 0 Å². The fourth-order valence-electron chi connectivity index (χ4n) is 2.34. The number of benzene rings is 2. The van der Waals surface area contributed by atoms with Crippen LogP contribution in [-0.4, -0.2) is 15.2 Å². The van der Waals surface area contributed by atoms with Crippen molar-refractivity contribution in [2.45, 2.75) is 16.6 Å². The molecule has 0 fully saturated rings. The second-order valence-corrected chi connectivity index (χ2v) is 7.71. The molecule has 0 amide bonds. The molecule has 1 N–H and O–H groups in total. The van der Waals surface area contributed by atoms with Gasteiger partial charge in [0.2, 0.25) is 11.0 Å². The lowest BCUT2D eigenvalue weighted by Gasteiger charge is -2.00. The first-order valence-corrected chi connectivity index (χ1v) is 9.91. The number of rotatable bonds is 7. The smallest absolute Gasteiger partial charge is 0.226 e. The van der Waals surface area contributed by atoms with E-state index in [4.69, 9.17) is 4.42 Å². The lowest BCUT2D eigenvalue weighted by atomic mass is 10.2. The first-order chi connectivity index (χ1) is 12.9. The van der Waals surface area contributed by atoms with Crippen LogP contribution in [0.4, 0.5) is 5.13 Å². The molecule has 5 nitrogen and oxygen atoms in total. The van der Waals surface area contributed by atoms with E-state index in [1.54, 1.807) is 29.4 Å². The summed E-state index contributed by atoms with van der Waals surface area (Å²) in [6, 6.07) is 20.1. The molecule has 0 atom stereocenters. The Morgan fingerprint density at radius 2 is 1.73 bits per heavy atom. The van der Waals surface area contributed by atoms with Gasteiger partial charge in [-0.15, -0.1) is 10.2 Å². The van der Waals surface area contributed by atoms with Gasteiger partial charge in [0.1, 0.15) is 6.26 Å². The summed E-state index contributed by atoms with van der Waals surface area (Å²) in [7, 11) is 0.